The molecular formula is C24H23N7O2. The van der Waals surface area contributed by atoms with Gasteiger partial charge in [-0.25, -0.2) is 0 Å². The van der Waals surface area contributed by atoms with Gasteiger partial charge in [-0.1, -0.05) is 30.3 Å². The van der Waals surface area contributed by atoms with Crippen LogP contribution in [0.2, 0.25) is 0 Å². The molecule has 0 bridgehead atoms. The Balaban J connectivity index is 1.31. The van der Waals surface area contributed by atoms with Gasteiger partial charge in [-0.3, -0.25) is 19.7 Å². The summed E-state index contributed by atoms with van der Waals surface area (Å²) in [4.78, 5) is 12.9. The van der Waals surface area contributed by atoms with Gasteiger partial charge in [0, 0.05) is 23.3 Å². The number of rotatable bonds is 6. The second-order valence-corrected chi connectivity index (χ2v) is 8.46. The minimum atomic E-state index is -0.912. The number of fused-ring (bicyclic) bond motifs is 1. The zero-order valence-corrected chi connectivity index (χ0v) is 18.2. The van der Waals surface area contributed by atoms with Crippen LogP contribution in [0, 0.1) is 0 Å². The molecule has 1 amide bonds. The Morgan fingerprint density at radius 1 is 1.15 bits per heavy atom. The number of aromatic amines is 2. The summed E-state index contributed by atoms with van der Waals surface area (Å²) < 4.78 is 1.74. The molecule has 166 valence electrons. The van der Waals surface area contributed by atoms with E-state index < -0.39 is 5.60 Å². The summed E-state index contributed by atoms with van der Waals surface area (Å²) in [5, 5.41) is 32.1. The molecule has 33 heavy (non-hydrogen) atoms. The summed E-state index contributed by atoms with van der Waals surface area (Å²) in [6.07, 6.45) is 6.91. The van der Waals surface area contributed by atoms with Gasteiger partial charge in [0.05, 0.1) is 35.7 Å². The molecule has 9 nitrogen and oxygen atoms in total. The minimum absolute atomic E-state index is 0.314. The number of H-pyrrole nitrogens is 2. The molecule has 2 aromatic carbocycles. The second kappa shape index (κ2) is 8.03. The average molecular weight is 441 g/mol. The Kier molecular flexibility index (Phi) is 5.02. The average Bonchev–Trinajstić information content (AvgIpc) is 3.54. The maximum absolute atomic E-state index is 12.9. The summed E-state index contributed by atoms with van der Waals surface area (Å²) in [6.45, 7) is 4.03. The summed E-state index contributed by atoms with van der Waals surface area (Å²) in [7, 11) is 0. The molecule has 9 heteroatoms. The molecule has 3 aromatic heterocycles. The molecule has 0 radical (unpaired) electrons. The third kappa shape index (κ3) is 4.26. The first-order chi connectivity index (χ1) is 15.9. The van der Waals surface area contributed by atoms with E-state index in [4.69, 9.17) is 0 Å². The van der Waals surface area contributed by atoms with Crippen LogP contribution in [0.4, 0.5) is 5.69 Å². The number of anilines is 1. The Morgan fingerprint density at radius 3 is 2.82 bits per heavy atom. The number of nitrogens with zero attached hydrogens (tertiary/aromatic N) is 4. The van der Waals surface area contributed by atoms with E-state index in [-0.39, 0.29) is 5.91 Å². The van der Waals surface area contributed by atoms with Crippen molar-refractivity contribution in [3.05, 3.63) is 84.1 Å². The lowest BCUT2D eigenvalue weighted by Crippen LogP contribution is -2.15. The first kappa shape index (κ1) is 20.7. The molecule has 0 unspecified atom stereocenters. The Bertz CT molecular complexity index is 1420. The fourth-order valence-corrected chi connectivity index (χ4v) is 3.72. The van der Waals surface area contributed by atoms with E-state index in [1.807, 2.05) is 48.7 Å². The van der Waals surface area contributed by atoms with Crippen LogP contribution in [-0.4, -0.2) is 41.2 Å². The van der Waals surface area contributed by atoms with Gasteiger partial charge in [0.25, 0.3) is 5.91 Å². The number of carbonyl (C=O) groups is 1. The standard InChI is InChI=1S/C24H23N7O2/c1-24(2,33)18-5-3-4-15(8-18)13-31-14-19(12-27-31)28-23(32)22-20-7-6-16(9-21(20)29-30-22)17-10-25-26-11-17/h3-12,14,33H,13H2,1-2H3,(H,25,26)(H,28,32)(H,29,30). The van der Waals surface area contributed by atoms with Crippen LogP contribution in [0.3, 0.4) is 0 Å². The lowest BCUT2D eigenvalue weighted by Gasteiger charge is -2.18. The van der Waals surface area contributed by atoms with Gasteiger partial charge < -0.3 is 10.4 Å². The van der Waals surface area contributed by atoms with Gasteiger partial charge in [-0.15, -0.1) is 0 Å². The fraction of sp³-hybridized carbons (Fsp3) is 0.167. The van der Waals surface area contributed by atoms with E-state index in [0.29, 0.717) is 17.9 Å². The fourth-order valence-electron chi connectivity index (χ4n) is 3.72. The highest BCUT2D eigenvalue weighted by Gasteiger charge is 2.17. The molecule has 0 aliphatic heterocycles. The molecule has 0 spiro atoms. The molecule has 0 saturated heterocycles. The molecule has 0 aliphatic carbocycles. The molecule has 0 aliphatic rings. The maximum atomic E-state index is 12.9. The van der Waals surface area contributed by atoms with E-state index >= 15 is 0 Å². The van der Waals surface area contributed by atoms with Crippen LogP contribution < -0.4 is 5.32 Å². The molecule has 0 saturated carbocycles. The van der Waals surface area contributed by atoms with Crippen LogP contribution >= 0.6 is 0 Å². The summed E-state index contributed by atoms with van der Waals surface area (Å²) in [6, 6.07) is 13.5. The molecule has 5 rings (SSSR count). The van der Waals surface area contributed by atoms with Gasteiger partial charge in [-0.05, 0) is 42.7 Å². The van der Waals surface area contributed by atoms with E-state index in [0.717, 1.165) is 33.2 Å². The Morgan fingerprint density at radius 2 is 2.03 bits per heavy atom. The van der Waals surface area contributed by atoms with Crippen molar-refractivity contribution >= 4 is 22.5 Å². The van der Waals surface area contributed by atoms with Crippen molar-refractivity contribution in [1.29, 1.82) is 0 Å². The van der Waals surface area contributed by atoms with Crippen LogP contribution in [0.15, 0.2) is 67.3 Å². The Hall–Kier alpha value is -4.24. The highest BCUT2D eigenvalue weighted by molar-refractivity contribution is 6.11. The maximum Gasteiger partial charge on any atom is 0.276 e. The molecule has 0 atom stereocenters. The van der Waals surface area contributed by atoms with Crippen molar-refractivity contribution in [3.63, 3.8) is 0 Å². The topological polar surface area (TPSA) is 125 Å². The molecule has 4 N–H and O–H groups in total. The predicted molar refractivity (Wildman–Crippen MR) is 125 cm³/mol. The third-order valence-corrected chi connectivity index (χ3v) is 5.48. The van der Waals surface area contributed by atoms with Crippen LogP contribution in [0.25, 0.3) is 22.0 Å². The zero-order chi connectivity index (χ0) is 23.0. The smallest absolute Gasteiger partial charge is 0.276 e. The number of carbonyl (C=O) groups excluding carboxylic acids is 1. The minimum Gasteiger partial charge on any atom is -0.386 e. The number of benzene rings is 2. The molecule has 0 fully saturated rings. The lowest BCUT2D eigenvalue weighted by molar-refractivity contribution is 0.0785. The van der Waals surface area contributed by atoms with Crippen molar-refractivity contribution in [1.82, 2.24) is 30.2 Å². The predicted octanol–water partition coefficient (Wildman–Crippen LogP) is 3.68. The number of hydrogen-bond donors (Lipinski definition) is 4. The molecule has 5 aromatic rings. The number of hydrogen-bond acceptors (Lipinski definition) is 5. The third-order valence-electron chi connectivity index (χ3n) is 5.48. The summed E-state index contributed by atoms with van der Waals surface area (Å²) in [5.74, 6) is -0.319. The quantitative estimate of drug-likeness (QED) is 0.320. The van der Waals surface area contributed by atoms with E-state index in [1.54, 1.807) is 37.1 Å². The van der Waals surface area contributed by atoms with Crippen molar-refractivity contribution in [2.75, 3.05) is 5.32 Å². The van der Waals surface area contributed by atoms with Gasteiger partial charge in [0.1, 0.15) is 0 Å². The molecular weight excluding hydrogens is 418 g/mol. The highest BCUT2D eigenvalue weighted by atomic mass is 16.3. The monoisotopic (exact) mass is 441 g/mol. The number of nitrogens with one attached hydrogen (secondary N) is 3. The van der Waals surface area contributed by atoms with Crippen LogP contribution in [-0.2, 0) is 12.1 Å². The second-order valence-electron chi connectivity index (χ2n) is 8.46. The van der Waals surface area contributed by atoms with E-state index in [9.17, 15) is 9.90 Å². The van der Waals surface area contributed by atoms with Crippen LogP contribution in [0.5, 0.6) is 0 Å². The van der Waals surface area contributed by atoms with Crippen molar-refractivity contribution in [3.8, 4) is 11.1 Å². The van der Waals surface area contributed by atoms with Gasteiger partial charge in [-0.2, -0.15) is 15.3 Å². The van der Waals surface area contributed by atoms with Crippen LogP contribution in [0.1, 0.15) is 35.5 Å². The normalized spacial score (nSPS) is 11.7. The largest absolute Gasteiger partial charge is 0.386 e. The Labute approximate surface area is 189 Å². The summed E-state index contributed by atoms with van der Waals surface area (Å²) in [5.41, 5.74) is 4.51. The zero-order valence-electron chi connectivity index (χ0n) is 18.2. The number of aromatic nitrogens is 6. The van der Waals surface area contributed by atoms with Gasteiger partial charge in [0.15, 0.2) is 5.69 Å². The van der Waals surface area contributed by atoms with E-state index in [2.05, 4.69) is 30.8 Å². The summed E-state index contributed by atoms with van der Waals surface area (Å²) >= 11 is 0. The SMILES string of the molecule is CC(C)(O)c1cccc(Cn2cc(NC(=O)c3n[nH]c4cc(-c5cn[nH]c5)ccc34)cn2)c1. The highest BCUT2D eigenvalue weighted by Crippen LogP contribution is 2.25. The van der Waals surface area contributed by atoms with Crippen molar-refractivity contribution in [2.45, 2.75) is 26.0 Å². The van der Waals surface area contributed by atoms with Crippen molar-refractivity contribution < 1.29 is 9.90 Å². The lowest BCUT2D eigenvalue weighted by atomic mass is 9.97. The van der Waals surface area contributed by atoms with Crippen molar-refractivity contribution in [2.24, 2.45) is 0 Å². The first-order valence-corrected chi connectivity index (χ1v) is 10.5. The number of amides is 1. The number of aliphatic hydroxyl groups is 1. The molecule has 3 heterocycles. The van der Waals surface area contributed by atoms with Gasteiger partial charge >= 0.3 is 0 Å². The van der Waals surface area contributed by atoms with Gasteiger partial charge in [0.2, 0.25) is 0 Å². The van der Waals surface area contributed by atoms with E-state index in [1.165, 1.54) is 0 Å². The first-order valence-electron chi connectivity index (χ1n) is 10.5.